The first-order valence-electron chi connectivity index (χ1n) is 8.76. The van der Waals surface area contributed by atoms with E-state index in [-0.39, 0.29) is 31.0 Å². The Kier molecular flexibility index (Phi) is 6.04. The molecule has 1 fully saturated rings. The molecule has 2 rings (SSSR count). The number of nitrogens with zero attached hydrogens (tertiary/aromatic N) is 3. The van der Waals surface area contributed by atoms with Crippen molar-refractivity contribution in [2.75, 3.05) is 20.1 Å². The molecule has 0 aromatic heterocycles. The minimum atomic E-state index is -5.06. The van der Waals surface area contributed by atoms with Crippen molar-refractivity contribution in [2.24, 2.45) is 5.92 Å². The SMILES string of the molecule is C[C@H]1CN(C(=O)C(C)(O)C(F)(F)F)CC[C@H]1N(C)C(=O)c1ccc(C#N)cc1. The van der Waals surface area contributed by atoms with Gasteiger partial charge in [0.05, 0.1) is 11.6 Å². The Hall–Kier alpha value is -2.60. The van der Waals surface area contributed by atoms with Gasteiger partial charge in [0.25, 0.3) is 11.8 Å². The van der Waals surface area contributed by atoms with Gasteiger partial charge >= 0.3 is 6.18 Å². The molecule has 0 aliphatic carbocycles. The number of nitriles is 1. The van der Waals surface area contributed by atoms with Gasteiger partial charge in [-0.25, -0.2) is 0 Å². The summed E-state index contributed by atoms with van der Waals surface area (Å²) in [6.45, 7) is 2.20. The number of alkyl halides is 3. The number of likely N-dealkylation sites (tertiary alicyclic amines) is 1. The highest BCUT2D eigenvalue weighted by Crippen LogP contribution is 2.33. The van der Waals surface area contributed by atoms with Gasteiger partial charge in [0.15, 0.2) is 0 Å². The zero-order valence-electron chi connectivity index (χ0n) is 15.8. The summed E-state index contributed by atoms with van der Waals surface area (Å²) in [6.07, 6.45) is -4.77. The predicted octanol–water partition coefficient (Wildman–Crippen LogP) is 2.18. The summed E-state index contributed by atoms with van der Waals surface area (Å²) in [5.74, 6) is -1.94. The predicted molar refractivity (Wildman–Crippen MR) is 94.1 cm³/mol. The van der Waals surface area contributed by atoms with E-state index in [0.29, 0.717) is 24.5 Å². The molecular formula is C19H22F3N3O3. The third kappa shape index (κ3) is 4.12. The van der Waals surface area contributed by atoms with Crippen LogP contribution in [0.1, 0.15) is 36.2 Å². The lowest BCUT2D eigenvalue weighted by Crippen LogP contribution is -2.60. The van der Waals surface area contributed by atoms with Crippen LogP contribution in [0.2, 0.25) is 0 Å². The van der Waals surface area contributed by atoms with Gasteiger partial charge in [0.1, 0.15) is 0 Å². The first-order valence-corrected chi connectivity index (χ1v) is 8.76. The van der Waals surface area contributed by atoms with E-state index in [2.05, 4.69) is 0 Å². The van der Waals surface area contributed by atoms with Crippen molar-refractivity contribution in [1.82, 2.24) is 9.80 Å². The molecular weight excluding hydrogens is 375 g/mol. The molecule has 1 aliphatic heterocycles. The van der Waals surface area contributed by atoms with Crippen LogP contribution in [0.15, 0.2) is 24.3 Å². The zero-order chi connectivity index (χ0) is 21.3. The van der Waals surface area contributed by atoms with Gasteiger partial charge in [-0.15, -0.1) is 0 Å². The van der Waals surface area contributed by atoms with Crippen molar-refractivity contribution in [3.05, 3.63) is 35.4 Å². The Bertz CT molecular complexity index is 784. The average molecular weight is 397 g/mol. The smallest absolute Gasteiger partial charge is 0.373 e. The molecule has 0 spiro atoms. The molecule has 6 nitrogen and oxygen atoms in total. The topological polar surface area (TPSA) is 84.6 Å². The molecule has 0 bridgehead atoms. The fraction of sp³-hybridized carbons (Fsp3) is 0.526. The van der Waals surface area contributed by atoms with Crippen LogP contribution in [0.3, 0.4) is 0 Å². The average Bonchev–Trinajstić information content (AvgIpc) is 2.65. The van der Waals surface area contributed by atoms with Crippen molar-refractivity contribution in [3.8, 4) is 6.07 Å². The van der Waals surface area contributed by atoms with Crippen molar-refractivity contribution in [2.45, 2.75) is 38.1 Å². The lowest BCUT2D eigenvalue weighted by Gasteiger charge is -2.43. The van der Waals surface area contributed by atoms with Gasteiger partial charge in [-0.1, -0.05) is 6.92 Å². The van der Waals surface area contributed by atoms with Gasteiger partial charge in [-0.05, 0) is 43.5 Å². The maximum Gasteiger partial charge on any atom is 0.426 e. The molecule has 9 heteroatoms. The highest BCUT2D eigenvalue weighted by atomic mass is 19.4. The molecule has 1 N–H and O–H groups in total. The zero-order valence-corrected chi connectivity index (χ0v) is 15.8. The fourth-order valence-corrected chi connectivity index (χ4v) is 3.36. The Morgan fingerprint density at radius 3 is 2.32 bits per heavy atom. The van der Waals surface area contributed by atoms with Gasteiger partial charge in [-0.2, -0.15) is 18.4 Å². The lowest BCUT2D eigenvalue weighted by molar-refractivity contribution is -0.251. The van der Waals surface area contributed by atoms with Gasteiger partial charge in [0.2, 0.25) is 5.60 Å². The molecule has 0 saturated carbocycles. The number of rotatable bonds is 3. The third-order valence-corrected chi connectivity index (χ3v) is 5.19. The number of benzene rings is 1. The quantitative estimate of drug-likeness (QED) is 0.847. The Morgan fingerprint density at radius 1 is 1.29 bits per heavy atom. The van der Waals surface area contributed by atoms with E-state index in [1.807, 2.05) is 6.07 Å². The minimum absolute atomic E-state index is 0.000715. The number of aliphatic hydroxyl groups is 1. The maximum absolute atomic E-state index is 12.9. The standard InChI is InChI=1S/C19H22F3N3O3/c1-12-11-25(17(27)18(2,28)19(20,21)22)9-8-15(12)24(3)16(26)14-6-4-13(10-23)5-7-14/h4-7,12,15,28H,8-9,11H2,1-3H3/t12-,15+,18?/m0/s1. The van der Waals surface area contributed by atoms with E-state index in [0.717, 1.165) is 4.90 Å². The van der Waals surface area contributed by atoms with Crippen molar-refractivity contribution in [1.29, 1.82) is 5.26 Å². The van der Waals surface area contributed by atoms with E-state index in [4.69, 9.17) is 5.26 Å². The summed E-state index contributed by atoms with van der Waals surface area (Å²) in [7, 11) is 1.60. The van der Waals surface area contributed by atoms with Crippen LogP contribution < -0.4 is 0 Å². The Labute approximate surface area is 161 Å². The van der Waals surface area contributed by atoms with E-state index in [9.17, 15) is 27.9 Å². The molecule has 1 aliphatic rings. The molecule has 0 radical (unpaired) electrons. The summed E-state index contributed by atoms with van der Waals surface area (Å²) in [6, 6.07) is 7.84. The number of hydrogen-bond acceptors (Lipinski definition) is 4. The van der Waals surface area contributed by atoms with Crippen molar-refractivity contribution < 1.29 is 27.9 Å². The number of halogens is 3. The summed E-state index contributed by atoms with van der Waals surface area (Å²) in [5, 5.41) is 18.4. The third-order valence-electron chi connectivity index (χ3n) is 5.19. The number of carbonyl (C=O) groups is 2. The molecule has 2 amide bonds. The number of piperidine rings is 1. The normalized spacial score (nSPS) is 22.1. The molecule has 1 aromatic carbocycles. The molecule has 1 heterocycles. The van der Waals surface area contributed by atoms with E-state index in [1.54, 1.807) is 26.1 Å². The summed E-state index contributed by atoms with van der Waals surface area (Å²) < 4.78 is 38.8. The van der Waals surface area contributed by atoms with Crippen LogP contribution in [-0.4, -0.2) is 64.7 Å². The monoisotopic (exact) mass is 397 g/mol. The summed E-state index contributed by atoms with van der Waals surface area (Å²) in [4.78, 5) is 27.3. The number of amides is 2. The van der Waals surface area contributed by atoms with E-state index >= 15 is 0 Å². The number of carbonyl (C=O) groups excluding carboxylic acids is 2. The Morgan fingerprint density at radius 2 is 1.86 bits per heavy atom. The van der Waals surface area contributed by atoms with Crippen LogP contribution in [0.25, 0.3) is 0 Å². The molecule has 28 heavy (non-hydrogen) atoms. The highest BCUT2D eigenvalue weighted by Gasteiger charge is 2.57. The van der Waals surface area contributed by atoms with Crippen LogP contribution in [0, 0.1) is 17.2 Å². The van der Waals surface area contributed by atoms with Crippen LogP contribution in [0.4, 0.5) is 13.2 Å². The molecule has 1 unspecified atom stereocenters. The van der Waals surface area contributed by atoms with Crippen LogP contribution >= 0.6 is 0 Å². The molecule has 1 aromatic rings. The molecule has 1 saturated heterocycles. The Balaban J connectivity index is 2.07. The second-order valence-corrected chi connectivity index (χ2v) is 7.26. The lowest BCUT2D eigenvalue weighted by atomic mass is 9.90. The minimum Gasteiger partial charge on any atom is -0.373 e. The van der Waals surface area contributed by atoms with E-state index < -0.39 is 17.7 Å². The highest BCUT2D eigenvalue weighted by molar-refractivity contribution is 5.94. The first-order chi connectivity index (χ1) is 12.9. The van der Waals surface area contributed by atoms with Crippen LogP contribution in [0.5, 0.6) is 0 Å². The maximum atomic E-state index is 12.9. The van der Waals surface area contributed by atoms with Crippen molar-refractivity contribution in [3.63, 3.8) is 0 Å². The second-order valence-electron chi connectivity index (χ2n) is 7.26. The van der Waals surface area contributed by atoms with Crippen LogP contribution in [-0.2, 0) is 4.79 Å². The summed E-state index contributed by atoms with van der Waals surface area (Å²) in [5.41, 5.74) is -2.62. The first kappa shape index (κ1) is 21.7. The largest absolute Gasteiger partial charge is 0.426 e. The van der Waals surface area contributed by atoms with Gasteiger partial charge in [-0.3, -0.25) is 9.59 Å². The second kappa shape index (κ2) is 7.80. The van der Waals surface area contributed by atoms with Gasteiger partial charge in [0, 0.05) is 31.7 Å². The molecule has 152 valence electrons. The fourth-order valence-electron chi connectivity index (χ4n) is 3.36. The number of hydrogen-bond donors (Lipinski definition) is 1. The van der Waals surface area contributed by atoms with Crippen molar-refractivity contribution >= 4 is 11.8 Å². The molecule has 3 atom stereocenters. The van der Waals surface area contributed by atoms with E-state index in [1.165, 1.54) is 17.0 Å². The summed E-state index contributed by atoms with van der Waals surface area (Å²) >= 11 is 0. The van der Waals surface area contributed by atoms with Gasteiger partial charge < -0.3 is 14.9 Å².